The predicted molar refractivity (Wildman–Crippen MR) is 94.6 cm³/mol. The second kappa shape index (κ2) is 6.99. The van der Waals surface area contributed by atoms with Crippen LogP contribution in [-0.4, -0.2) is 18.6 Å². The third-order valence-electron chi connectivity index (χ3n) is 4.92. The summed E-state index contributed by atoms with van der Waals surface area (Å²) >= 11 is 3.59. The van der Waals surface area contributed by atoms with Crippen LogP contribution < -0.4 is 10.6 Å². The molecule has 4 heteroatoms. The Kier molecular flexibility index (Phi) is 5.53. The molecule has 2 N–H and O–H groups in total. The highest BCUT2D eigenvalue weighted by Crippen LogP contribution is 2.35. The Hall–Kier alpha value is -0.770. The summed E-state index contributed by atoms with van der Waals surface area (Å²) < 4.78 is 0.990. The van der Waals surface area contributed by atoms with E-state index in [0.29, 0.717) is 0 Å². The lowest BCUT2D eigenvalue weighted by molar-refractivity contribution is 0.226. The fraction of sp³-hybridized carbons (Fsp3) is 0.706. The molecule has 0 saturated heterocycles. The topological polar surface area (TPSA) is 42.2 Å². The zero-order chi connectivity index (χ0) is 15.6. The Morgan fingerprint density at radius 1 is 1.33 bits per heavy atom. The van der Waals surface area contributed by atoms with Crippen LogP contribution in [0.3, 0.4) is 0 Å². The van der Waals surface area contributed by atoms with E-state index in [-0.39, 0.29) is 0 Å². The number of pyridine rings is 1. The fourth-order valence-electron chi connectivity index (χ4n) is 3.36. The van der Waals surface area contributed by atoms with Crippen LogP contribution in [0.25, 0.3) is 0 Å². The van der Waals surface area contributed by atoms with Gasteiger partial charge in [0.1, 0.15) is 5.82 Å². The number of hydrogen-bond acceptors (Lipinski definition) is 3. The molecule has 0 amide bonds. The number of rotatable bonds is 4. The van der Waals surface area contributed by atoms with E-state index in [1.165, 1.54) is 25.7 Å². The second-order valence-corrected chi connectivity index (χ2v) is 7.73. The third kappa shape index (κ3) is 4.12. The molecule has 0 unspecified atom stereocenters. The van der Waals surface area contributed by atoms with Gasteiger partial charge in [0, 0.05) is 13.6 Å². The summed E-state index contributed by atoms with van der Waals surface area (Å²) in [6.45, 7) is 7.76. The van der Waals surface area contributed by atoms with Gasteiger partial charge in [0.25, 0.3) is 0 Å². The van der Waals surface area contributed by atoms with E-state index in [9.17, 15) is 0 Å². The molecule has 1 aliphatic carbocycles. The van der Waals surface area contributed by atoms with Crippen LogP contribution in [0.1, 0.15) is 45.2 Å². The van der Waals surface area contributed by atoms with Crippen LogP contribution in [0.5, 0.6) is 0 Å². The summed E-state index contributed by atoms with van der Waals surface area (Å²) in [6.07, 6.45) is 5.45. The highest BCUT2D eigenvalue weighted by Gasteiger charge is 2.24. The summed E-state index contributed by atoms with van der Waals surface area (Å²) in [4.78, 5) is 6.91. The quantitative estimate of drug-likeness (QED) is 0.857. The molecule has 0 aliphatic heterocycles. The lowest BCUT2D eigenvalue weighted by atomic mass is 9.77. The number of halogens is 1. The fourth-order valence-corrected chi connectivity index (χ4v) is 4.00. The zero-order valence-electron chi connectivity index (χ0n) is 13.7. The van der Waals surface area contributed by atoms with Crippen molar-refractivity contribution in [2.75, 3.05) is 24.2 Å². The summed E-state index contributed by atoms with van der Waals surface area (Å²) in [5, 5.41) is 0. The lowest BCUT2D eigenvalue weighted by Crippen LogP contribution is -2.30. The van der Waals surface area contributed by atoms with Crippen molar-refractivity contribution in [1.29, 1.82) is 0 Å². The maximum Gasteiger partial charge on any atom is 0.143 e. The van der Waals surface area contributed by atoms with Gasteiger partial charge in [0.15, 0.2) is 0 Å². The number of aromatic nitrogens is 1. The molecule has 2 rings (SSSR count). The molecular weight excluding hydrogens is 326 g/mol. The highest BCUT2D eigenvalue weighted by atomic mass is 79.9. The molecule has 3 nitrogen and oxygen atoms in total. The molecule has 1 aromatic rings. The maximum absolute atomic E-state index is 5.91. The summed E-state index contributed by atoms with van der Waals surface area (Å²) in [5.74, 6) is 3.55. The minimum absolute atomic E-state index is 0.747. The van der Waals surface area contributed by atoms with Gasteiger partial charge >= 0.3 is 0 Å². The van der Waals surface area contributed by atoms with Crippen molar-refractivity contribution in [2.45, 2.75) is 46.5 Å². The van der Waals surface area contributed by atoms with Crippen molar-refractivity contribution >= 4 is 27.4 Å². The molecule has 0 bridgehead atoms. The van der Waals surface area contributed by atoms with Gasteiger partial charge in [0.05, 0.1) is 15.9 Å². The number of hydrogen-bond donors (Lipinski definition) is 1. The van der Waals surface area contributed by atoms with Crippen molar-refractivity contribution in [3.63, 3.8) is 0 Å². The van der Waals surface area contributed by atoms with Crippen molar-refractivity contribution in [2.24, 2.45) is 17.8 Å². The maximum atomic E-state index is 5.91. The van der Waals surface area contributed by atoms with Crippen molar-refractivity contribution in [3.05, 3.63) is 16.2 Å². The first-order valence-corrected chi connectivity index (χ1v) is 8.81. The summed E-state index contributed by atoms with van der Waals surface area (Å²) in [5.41, 5.74) is 7.56. The molecule has 1 heterocycles. The van der Waals surface area contributed by atoms with Crippen molar-refractivity contribution < 1.29 is 0 Å². The number of nitrogens with zero attached hydrogens (tertiary/aromatic N) is 2. The molecule has 21 heavy (non-hydrogen) atoms. The second-order valence-electron chi connectivity index (χ2n) is 6.87. The zero-order valence-corrected chi connectivity index (χ0v) is 15.3. The molecule has 118 valence electrons. The first kappa shape index (κ1) is 16.6. The Morgan fingerprint density at radius 2 is 1.95 bits per heavy atom. The Bertz CT molecular complexity index is 479. The number of nitrogens with two attached hydrogens (primary N) is 1. The molecule has 0 aromatic carbocycles. The van der Waals surface area contributed by atoms with Gasteiger partial charge in [0.2, 0.25) is 0 Å². The van der Waals surface area contributed by atoms with Gasteiger partial charge in [-0.2, -0.15) is 0 Å². The van der Waals surface area contributed by atoms with Gasteiger partial charge in [-0.3, -0.25) is 0 Å². The Labute approximate surface area is 137 Å². The molecule has 0 radical (unpaired) electrons. The molecule has 1 fully saturated rings. The molecule has 0 atom stereocenters. The van der Waals surface area contributed by atoms with E-state index in [1.54, 1.807) is 0 Å². The van der Waals surface area contributed by atoms with Crippen LogP contribution in [0.4, 0.5) is 11.5 Å². The van der Waals surface area contributed by atoms with E-state index in [4.69, 9.17) is 5.73 Å². The normalized spacial score (nSPS) is 22.6. The third-order valence-corrected chi connectivity index (χ3v) is 5.50. The van der Waals surface area contributed by atoms with Gasteiger partial charge in [-0.15, -0.1) is 0 Å². The average molecular weight is 354 g/mol. The van der Waals surface area contributed by atoms with Crippen molar-refractivity contribution in [3.8, 4) is 0 Å². The minimum atomic E-state index is 0.747. The average Bonchev–Trinajstić information content (AvgIpc) is 2.43. The van der Waals surface area contributed by atoms with E-state index in [0.717, 1.165) is 46.0 Å². The van der Waals surface area contributed by atoms with Crippen LogP contribution in [0, 0.1) is 24.7 Å². The predicted octanol–water partition coefficient (Wildman–Crippen LogP) is 4.63. The van der Waals surface area contributed by atoms with Crippen LogP contribution in [-0.2, 0) is 0 Å². The SMILES string of the molecule is Cc1nc(N(C)CC2CCC(C(C)C)CC2)c(Br)cc1N. The standard InChI is InChI=1S/C17H28BrN3/c1-11(2)14-7-5-13(6-8-14)10-21(4)17-15(18)9-16(19)12(3)20-17/h9,11,13-14H,5-8,10,19H2,1-4H3. The van der Waals surface area contributed by atoms with Crippen LogP contribution in [0.2, 0.25) is 0 Å². The monoisotopic (exact) mass is 353 g/mol. The van der Waals surface area contributed by atoms with E-state index in [1.807, 2.05) is 13.0 Å². The Morgan fingerprint density at radius 3 is 2.52 bits per heavy atom. The van der Waals surface area contributed by atoms with Crippen LogP contribution >= 0.6 is 15.9 Å². The molecule has 1 aromatic heterocycles. The van der Waals surface area contributed by atoms with Gasteiger partial charge < -0.3 is 10.6 Å². The van der Waals surface area contributed by atoms with E-state index in [2.05, 4.69) is 46.7 Å². The van der Waals surface area contributed by atoms with Gasteiger partial charge in [-0.1, -0.05) is 13.8 Å². The van der Waals surface area contributed by atoms with E-state index >= 15 is 0 Å². The highest BCUT2D eigenvalue weighted by molar-refractivity contribution is 9.10. The van der Waals surface area contributed by atoms with Gasteiger partial charge in [-0.05, 0) is 72.4 Å². The van der Waals surface area contributed by atoms with E-state index < -0.39 is 0 Å². The molecular formula is C17H28BrN3. The molecule has 1 aliphatic rings. The number of nitrogen functional groups attached to an aromatic ring is 1. The minimum Gasteiger partial charge on any atom is -0.397 e. The lowest BCUT2D eigenvalue weighted by Gasteiger charge is -2.33. The Balaban J connectivity index is 1.96. The number of aryl methyl sites for hydroxylation is 1. The molecule has 0 spiro atoms. The summed E-state index contributed by atoms with van der Waals surface area (Å²) in [6, 6.07) is 1.96. The van der Waals surface area contributed by atoms with Crippen molar-refractivity contribution in [1.82, 2.24) is 4.98 Å². The number of anilines is 2. The smallest absolute Gasteiger partial charge is 0.143 e. The van der Waals surface area contributed by atoms with Gasteiger partial charge in [-0.25, -0.2) is 4.98 Å². The summed E-state index contributed by atoms with van der Waals surface area (Å²) in [7, 11) is 2.14. The first-order valence-electron chi connectivity index (χ1n) is 8.02. The first-order chi connectivity index (χ1) is 9.88. The molecule has 1 saturated carbocycles. The van der Waals surface area contributed by atoms with Crippen LogP contribution in [0.15, 0.2) is 10.5 Å². The largest absolute Gasteiger partial charge is 0.397 e.